The fourth-order valence-electron chi connectivity index (χ4n) is 0.239. The molecule has 1 aromatic rings. The number of nitrogens with zero attached hydrogens (tertiary/aromatic N) is 3. The number of aromatic nitrogens is 4. The third kappa shape index (κ3) is 0.976. The van der Waals surface area contributed by atoms with Gasteiger partial charge >= 0.3 is 46.1 Å². The normalized spacial score (nSPS) is 9.29. The van der Waals surface area contributed by atoms with Gasteiger partial charge in [0.1, 0.15) is 0 Å². The topological polar surface area (TPSA) is 54.5 Å². The molecule has 4 nitrogen and oxygen atoms in total. The van der Waals surface area contributed by atoms with E-state index in [1.54, 1.807) is 0 Å². The number of hydrogen-bond donors (Lipinski definition) is 1. The number of H-pyrrole nitrogens is 1. The Morgan fingerprint density at radius 2 is 2.57 bits per heavy atom. The van der Waals surface area contributed by atoms with Crippen molar-refractivity contribution in [3.63, 3.8) is 0 Å². The van der Waals surface area contributed by atoms with E-state index in [4.69, 9.17) is 0 Å². The zero-order valence-electron chi connectivity index (χ0n) is 3.75. The van der Waals surface area contributed by atoms with Crippen LogP contribution in [0.25, 0.3) is 0 Å². The first-order chi connectivity index (χ1) is 3.43. The molecule has 38 valence electrons. The first-order valence-corrected chi connectivity index (χ1v) is 4.28. The van der Waals surface area contributed by atoms with Gasteiger partial charge in [0.15, 0.2) is 0 Å². The first kappa shape index (κ1) is 4.74. The van der Waals surface area contributed by atoms with Gasteiger partial charge in [-0.25, -0.2) is 0 Å². The van der Waals surface area contributed by atoms with Crippen molar-refractivity contribution < 1.29 is 0 Å². The standard InChI is InChI=1S/C2H4N4Se/c1-7-2-3-5-6-4-2/h1H3,(H,3,4,5,6). The summed E-state index contributed by atoms with van der Waals surface area (Å²) in [5.41, 5.74) is 0. The molecule has 0 aliphatic rings. The number of tetrazole rings is 1. The van der Waals surface area contributed by atoms with E-state index >= 15 is 0 Å². The van der Waals surface area contributed by atoms with E-state index in [0.717, 1.165) is 4.72 Å². The number of hydrogen-bond acceptors (Lipinski definition) is 3. The second kappa shape index (κ2) is 2.04. The van der Waals surface area contributed by atoms with E-state index in [1.165, 1.54) is 0 Å². The summed E-state index contributed by atoms with van der Waals surface area (Å²) in [6, 6.07) is 0. The predicted molar refractivity (Wildman–Crippen MR) is 25.4 cm³/mol. The third-order valence-electron chi connectivity index (χ3n) is 0.508. The molecule has 1 aromatic heterocycles. The van der Waals surface area contributed by atoms with Gasteiger partial charge in [0.05, 0.1) is 0 Å². The van der Waals surface area contributed by atoms with Crippen LogP contribution in [0.2, 0.25) is 5.82 Å². The van der Waals surface area contributed by atoms with Crippen molar-refractivity contribution in [2.24, 2.45) is 0 Å². The molecule has 5 heteroatoms. The molecule has 0 saturated carbocycles. The van der Waals surface area contributed by atoms with Crippen LogP contribution in [0.1, 0.15) is 0 Å². The molecular formula is C2H4N4Se. The number of nitrogens with one attached hydrogen (secondary N) is 1. The zero-order valence-corrected chi connectivity index (χ0v) is 5.46. The van der Waals surface area contributed by atoms with Crippen LogP contribution in [-0.2, 0) is 0 Å². The van der Waals surface area contributed by atoms with E-state index in [0.29, 0.717) is 15.0 Å². The fraction of sp³-hybridized carbons (Fsp3) is 0.500. The van der Waals surface area contributed by atoms with Crippen LogP contribution in [0.3, 0.4) is 0 Å². The summed E-state index contributed by atoms with van der Waals surface area (Å²) < 4.78 is 0.826. The second-order valence-electron chi connectivity index (χ2n) is 0.899. The Morgan fingerprint density at radius 1 is 1.71 bits per heavy atom. The second-order valence-corrected chi connectivity index (χ2v) is 2.52. The molecule has 0 saturated heterocycles. The van der Waals surface area contributed by atoms with Gasteiger partial charge < -0.3 is 0 Å². The van der Waals surface area contributed by atoms with Crippen molar-refractivity contribution in [1.82, 2.24) is 20.6 Å². The van der Waals surface area contributed by atoms with Gasteiger partial charge in [-0.1, -0.05) is 0 Å². The molecule has 1 rings (SSSR count). The van der Waals surface area contributed by atoms with Crippen molar-refractivity contribution in [1.29, 1.82) is 0 Å². The molecule has 0 unspecified atom stereocenters. The summed E-state index contributed by atoms with van der Waals surface area (Å²) in [4.78, 5) is 0. The molecular weight excluding hydrogens is 159 g/mol. The molecule has 0 aliphatic carbocycles. The molecule has 0 aliphatic heterocycles. The Hall–Kier alpha value is -0.411. The summed E-state index contributed by atoms with van der Waals surface area (Å²) in [5, 5.41) is 13.2. The molecule has 0 spiro atoms. The van der Waals surface area contributed by atoms with E-state index in [1.807, 2.05) is 5.82 Å². The Kier molecular flexibility index (Phi) is 1.38. The molecule has 0 aromatic carbocycles. The minimum absolute atomic E-state index is 0.382. The van der Waals surface area contributed by atoms with E-state index < -0.39 is 0 Å². The van der Waals surface area contributed by atoms with Crippen LogP contribution in [-0.4, -0.2) is 35.6 Å². The summed E-state index contributed by atoms with van der Waals surface area (Å²) in [6.45, 7) is 0. The van der Waals surface area contributed by atoms with Crippen LogP contribution in [0.4, 0.5) is 0 Å². The molecule has 1 N–H and O–H groups in total. The summed E-state index contributed by atoms with van der Waals surface area (Å²) in [7, 11) is 0. The Balaban J connectivity index is 2.76. The number of rotatable bonds is 1. The molecule has 7 heavy (non-hydrogen) atoms. The van der Waals surface area contributed by atoms with Gasteiger partial charge in [-0.2, -0.15) is 0 Å². The minimum atomic E-state index is 0.382. The van der Waals surface area contributed by atoms with Crippen LogP contribution in [0, 0.1) is 0 Å². The van der Waals surface area contributed by atoms with Crippen LogP contribution in [0.5, 0.6) is 0 Å². The van der Waals surface area contributed by atoms with Crippen molar-refractivity contribution in [3.05, 3.63) is 0 Å². The van der Waals surface area contributed by atoms with Gasteiger partial charge in [-0.05, 0) is 0 Å². The number of aromatic amines is 1. The zero-order chi connectivity index (χ0) is 5.11. The average molecular weight is 163 g/mol. The maximum absolute atomic E-state index is 3.72. The summed E-state index contributed by atoms with van der Waals surface area (Å²) in [6.07, 6.45) is 0. The summed E-state index contributed by atoms with van der Waals surface area (Å²) in [5.74, 6) is 2.04. The molecule has 0 atom stereocenters. The quantitative estimate of drug-likeness (QED) is 0.517. The molecule has 0 amide bonds. The molecule has 1 heterocycles. The Bertz CT molecular complexity index is 124. The van der Waals surface area contributed by atoms with Crippen LogP contribution in [0.15, 0.2) is 0 Å². The molecule has 0 fully saturated rings. The Labute approximate surface area is 46.9 Å². The van der Waals surface area contributed by atoms with E-state index in [2.05, 4.69) is 20.6 Å². The van der Waals surface area contributed by atoms with Crippen molar-refractivity contribution in [2.75, 3.05) is 0 Å². The van der Waals surface area contributed by atoms with E-state index in [9.17, 15) is 0 Å². The third-order valence-corrected chi connectivity index (χ3v) is 1.64. The van der Waals surface area contributed by atoms with E-state index in [-0.39, 0.29) is 0 Å². The monoisotopic (exact) mass is 164 g/mol. The average Bonchev–Trinajstić information content (AvgIpc) is 2.14. The van der Waals surface area contributed by atoms with Gasteiger partial charge in [0.25, 0.3) is 0 Å². The van der Waals surface area contributed by atoms with Crippen molar-refractivity contribution in [3.8, 4) is 0 Å². The van der Waals surface area contributed by atoms with Gasteiger partial charge in [0.2, 0.25) is 0 Å². The van der Waals surface area contributed by atoms with Crippen molar-refractivity contribution >= 4 is 19.7 Å². The SMILES string of the molecule is C[Se]c1nn[nH]n1. The summed E-state index contributed by atoms with van der Waals surface area (Å²) >= 11 is 0.382. The van der Waals surface area contributed by atoms with Crippen molar-refractivity contribution in [2.45, 2.75) is 5.82 Å². The van der Waals surface area contributed by atoms with Gasteiger partial charge in [-0.15, -0.1) is 0 Å². The Morgan fingerprint density at radius 3 is 2.86 bits per heavy atom. The van der Waals surface area contributed by atoms with Crippen LogP contribution >= 0.6 is 0 Å². The fourth-order valence-corrected chi connectivity index (χ4v) is 0.773. The first-order valence-electron chi connectivity index (χ1n) is 1.71. The predicted octanol–water partition coefficient (Wildman–Crippen LogP) is -1.42. The van der Waals surface area contributed by atoms with Crippen LogP contribution < -0.4 is 4.72 Å². The molecule has 0 bridgehead atoms. The molecule has 0 radical (unpaired) electrons. The van der Waals surface area contributed by atoms with Gasteiger partial charge in [-0.3, -0.25) is 0 Å². The van der Waals surface area contributed by atoms with Gasteiger partial charge in [0, 0.05) is 0 Å². The maximum atomic E-state index is 3.72.